The molecule has 2 nitrogen and oxygen atoms in total. The summed E-state index contributed by atoms with van der Waals surface area (Å²) in [5.74, 6) is 2.10. The van der Waals surface area contributed by atoms with E-state index < -0.39 is 0 Å². The van der Waals surface area contributed by atoms with Crippen LogP contribution < -0.4 is 21.5 Å². The minimum Gasteiger partial charge on any atom is -1.00 e. The number of nitrogens with zero attached hydrogens (tertiary/aromatic N) is 1. The van der Waals surface area contributed by atoms with Crippen LogP contribution in [0.25, 0.3) is 22.0 Å². The van der Waals surface area contributed by atoms with Crippen LogP contribution in [-0.2, 0) is 12.3 Å². The van der Waals surface area contributed by atoms with Crippen molar-refractivity contribution in [3.05, 3.63) is 90.9 Å². The number of aromatic nitrogens is 2. The molecule has 0 saturated carbocycles. The molecule has 0 fully saturated rings. The van der Waals surface area contributed by atoms with Crippen LogP contribution in [0.2, 0.25) is 0 Å². The lowest BCUT2D eigenvalue weighted by Crippen LogP contribution is -3.00. The molecule has 4 aromatic rings. The molecule has 1 N–H and O–H groups in total. The second kappa shape index (κ2) is 9.06. The van der Waals surface area contributed by atoms with E-state index in [1.165, 1.54) is 27.6 Å². The Hall–Kier alpha value is -2.04. The summed E-state index contributed by atoms with van der Waals surface area (Å²) in [4.78, 5) is 3.35. The SMILES string of the molecule is [Br-].c1ccc(-c2cc[n+](CSCCc3c[nH]c4ccccc34)cc2)cc1. The van der Waals surface area contributed by atoms with Gasteiger partial charge in [-0.3, -0.25) is 0 Å². The molecule has 2 aromatic heterocycles. The second-order valence-corrected chi connectivity index (χ2v) is 7.19. The van der Waals surface area contributed by atoms with E-state index in [-0.39, 0.29) is 17.0 Å². The van der Waals surface area contributed by atoms with Crippen molar-refractivity contribution in [2.75, 3.05) is 5.75 Å². The molecule has 4 heteroatoms. The molecular formula is C22H21BrN2S. The quantitative estimate of drug-likeness (QED) is 0.370. The number of para-hydroxylation sites is 1. The Bertz CT molecular complexity index is 949. The summed E-state index contributed by atoms with van der Waals surface area (Å²) in [6, 6.07) is 23.4. The topological polar surface area (TPSA) is 19.7 Å². The monoisotopic (exact) mass is 424 g/mol. The lowest BCUT2D eigenvalue weighted by molar-refractivity contribution is -0.675. The second-order valence-electron chi connectivity index (χ2n) is 6.11. The molecule has 0 bridgehead atoms. The molecule has 0 aliphatic carbocycles. The van der Waals surface area contributed by atoms with Crippen molar-refractivity contribution in [3.8, 4) is 11.1 Å². The maximum Gasteiger partial charge on any atom is 0.194 e. The average molecular weight is 425 g/mol. The fourth-order valence-electron chi connectivity index (χ4n) is 3.06. The van der Waals surface area contributed by atoms with Crippen molar-refractivity contribution in [3.63, 3.8) is 0 Å². The zero-order chi connectivity index (χ0) is 16.9. The third kappa shape index (κ3) is 4.37. The molecule has 0 amide bonds. The minimum absolute atomic E-state index is 0. The van der Waals surface area contributed by atoms with Gasteiger partial charge < -0.3 is 22.0 Å². The zero-order valence-electron chi connectivity index (χ0n) is 14.4. The first kappa shape index (κ1) is 18.7. The molecule has 2 aromatic carbocycles. The van der Waals surface area contributed by atoms with Gasteiger partial charge in [0.15, 0.2) is 18.3 Å². The Kier molecular flexibility index (Phi) is 6.53. The van der Waals surface area contributed by atoms with Crippen molar-refractivity contribution >= 4 is 22.7 Å². The number of thioether (sulfide) groups is 1. The summed E-state index contributed by atoms with van der Waals surface area (Å²) in [7, 11) is 0. The van der Waals surface area contributed by atoms with Crippen molar-refractivity contribution in [2.45, 2.75) is 12.3 Å². The molecule has 0 unspecified atom stereocenters. The van der Waals surface area contributed by atoms with Crippen molar-refractivity contribution in [1.82, 2.24) is 4.98 Å². The van der Waals surface area contributed by atoms with Gasteiger partial charge in [0.05, 0.1) is 0 Å². The smallest absolute Gasteiger partial charge is 0.194 e. The largest absolute Gasteiger partial charge is 1.00 e. The van der Waals surface area contributed by atoms with E-state index in [2.05, 4.69) is 94.9 Å². The van der Waals surface area contributed by atoms with Gasteiger partial charge in [0, 0.05) is 35.0 Å². The van der Waals surface area contributed by atoms with Crippen LogP contribution in [0.15, 0.2) is 85.3 Å². The highest BCUT2D eigenvalue weighted by Crippen LogP contribution is 2.20. The Labute approximate surface area is 169 Å². The van der Waals surface area contributed by atoms with Crippen molar-refractivity contribution < 1.29 is 21.5 Å². The van der Waals surface area contributed by atoms with E-state index in [4.69, 9.17) is 0 Å². The number of nitrogens with one attached hydrogen (secondary N) is 1. The van der Waals surface area contributed by atoms with Crippen molar-refractivity contribution in [1.29, 1.82) is 0 Å². The molecule has 0 atom stereocenters. The molecule has 0 spiro atoms. The number of fused-ring (bicyclic) bond motifs is 1. The number of hydrogen-bond acceptors (Lipinski definition) is 1. The number of pyridine rings is 1. The highest BCUT2D eigenvalue weighted by Gasteiger charge is 2.05. The molecule has 0 radical (unpaired) electrons. The summed E-state index contributed by atoms with van der Waals surface area (Å²) < 4.78 is 2.24. The van der Waals surface area contributed by atoms with Crippen LogP contribution in [0.1, 0.15) is 5.56 Å². The number of H-pyrrole nitrogens is 1. The summed E-state index contributed by atoms with van der Waals surface area (Å²) in [5, 5.41) is 1.35. The van der Waals surface area contributed by atoms with Crippen LogP contribution in [0.5, 0.6) is 0 Å². The van der Waals surface area contributed by atoms with Gasteiger partial charge in [-0.15, -0.1) is 0 Å². The number of halogens is 1. The van der Waals surface area contributed by atoms with Crippen LogP contribution in [-0.4, -0.2) is 10.7 Å². The summed E-state index contributed by atoms with van der Waals surface area (Å²) in [5.41, 5.74) is 5.17. The molecule has 4 rings (SSSR count). The highest BCUT2D eigenvalue weighted by molar-refractivity contribution is 7.98. The molecule has 0 aliphatic rings. The predicted molar refractivity (Wildman–Crippen MR) is 107 cm³/mol. The van der Waals surface area contributed by atoms with Gasteiger partial charge in [-0.2, -0.15) is 4.57 Å². The molecule has 0 aliphatic heterocycles. The van der Waals surface area contributed by atoms with Crippen molar-refractivity contribution in [2.24, 2.45) is 0 Å². The standard InChI is InChI=1S/C22H21N2S.BrH/c1-2-6-18(7-3-1)19-10-13-24(14-11-19)17-25-15-12-20-16-23-22-9-5-4-8-21(20)22;/h1-11,13-14,16,23H,12,15,17H2;1H/q+1;/p-1. The summed E-state index contributed by atoms with van der Waals surface area (Å²) in [6.07, 6.45) is 7.58. The number of rotatable bonds is 6. The first-order valence-corrected chi connectivity index (χ1v) is 9.73. The zero-order valence-corrected chi connectivity index (χ0v) is 16.8. The molecular weight excluding hydrogens is 404 g/mol. The first-order valence-electron chi connectivity index (χ1n) is 8.57. The van der Waals surface area contributed by atoms with Gasteiger partial charge >= 0.3 is 0 Å². The van der Waals surface area contributed by atoms with Gasteiger partial charge in [-0.05, 0) is 29.2 Å². The van der Waals surface area contributed by atoms with Gasteiger partial charge in [0.1, 0.15) is 0 Å². The van der Waals surface area contributed by atoms with Crippen LogP contribution in [0, 0.1) is 0 Å². The summed E-state index contributed by atoms with van der Waals surface area (Å²) >= 11 is 1.96. The maximum absolute atomic E-state index is 3.35. The Morgan fingerprint density at radius 3 is 2.31 bits per heavy atom. The van der Waals surface area contributed by atoms with Gasteiger partial charge in [-0.25, -0.2) is 0 Å². The third-order valence-electron chi connectivity index (χ3n) is 4.43. The van der Waals surface area contributed by atoms with E-state index in [0.29, 0.717) is 0 Å². The fourth-order valence-corrected chi connectivity index (χ4v) is 3.93. The van der Waals surface area contributed by atoms with E-state index in [0.717, 1.165) is 18.1 Å². The number of aromatic amines is 1. The number of hydrogen-bond donors (Lipinski definition) is 1. The lowest BCUT2D eigenvalue weighted by Gasteiger charge is -2.02. The molecule has 26 heavy (non-hydrogen) atoms. The number of benzene rings is 2. The lowest BCUT2D eigenvalue weighted by atomic mass is 10.1. The minimum atomic E-state index is 0. The molecule has 0 saturated heterocycles. The van der Waals surface area contributed by atoms with E-state index in [1.807, 2.05) is 11.8 Å². The highest BCUT2D eigenvalue weighted by atomic mass is 79.9. The normalized spacial score (nSPS) is 10.6. The van der Waals surface area contributed by atoms with E-state index >= 15 is 0 Å². The van der Waals surface area contributed by atoms with Crippen LogP contribution in [0.4, 0.5) is 0 Å². The Morgan fingerprint density at radius 2 is 1.50 bits per heavy atom. The maximum atomic E-state index is 3.35. The van der Waals surface area contributed by atoms with E-state index in [1.54, 1.807) is 0 Å². The number of aryl methyl sites for hydroxylation is 1. The van der Waals surface area contributed by atoms with Crippen LogP contribution >= 0.6 is 11.8 Å². The third-order valence-corrected chi connectivity index (χ3v) is 5.40. The van der Waals surface area contributed by atoms with Gasteiger partial charge in [0.25, 0.3) is 0 Å². The first-order chi connectivity index (χ1) is 12.4. The summed E-state index contributed by atoms with van der Waals surface area (Å²) in [6.45, 7) is 0. The molecule has 2 heterocycles. The predicted octanol–water partition coefficient (Wildman–Crippen LogP) is 2.06. The van der Waals surface area contributed by atoms with E-state index in [9.17, 15) is 0 Å². The Balaban J connectivity index is 0.00000196. The van der Waals surface area contributed by atoms with Crippen LogP contribution in [0.3, 0.4) is 0 Å². The average Bonchev–Trinajstić information content (AvgIpc) is 3.10. The molecule has 132 valence electrons. The fraction of sp³-hybridized carbons (Fsp3) is 0.136. The van der Waals surface area contributed by atoms with Gasteiger partial charge in [-0.1, -0.05) is 60.3 Å². The Morgan fingerprint density at radius 1 is 0.808 bits per heavy atom. The van der Waals surface area contributed by atoms with Gasteiger partial charge in [0.2, 0.25) is 0 Å².